The quantitative estimate of drug-likeness (QED) is 0.749. The van der Waals surface area contributed by atoms with Gasteiger partial charge in [0.1, 0.15) is 5.56 Å². The fourth-order valence-electron chi connectivity index (χ4n) is 2.77. The number of H-pyrrole nitrogens is 1. The number of esters is 1. The van der Waals surface area contributed by atoms with Gasteiger partial charge in [-0.2, -0.15) is 0 Å². The molecule has 3 rings (SSSR count). The van der Waals surface area contributed by atoms with Gasteiger partial charge in [0.25, 0.3) is 5.56 Å². The van der Waals surface area contributed by atoms with Crippen LogP contribution in [-0.4, -0.2) is 25.2 Å². The Kier molecular flexibility index (Phi) is 4.44. The number of hydrogen-bond acceptors (Lipinski definition) is 4. The van der Waals surface area contributed by atoms with Crippen LogP contribution in [0.2, 0.25) is 0 Å². The SMILES string of the molecule is COCc1ccc(-c2c(C(=O)OC)c(=O)[nH]c3ccccc23)cc1. The van der Waals surface area contributed by atoms with Gasteiger partial charge in [0.2, 0.25) is 0 Å². The van der Waals surface area contributed by atoms with E-state index in [0.29, 0.717) is 17.7 Å². The van der Waals surface area contributed by atoms with Crippen LogP contribution in [0.3, 0.4) is 0 Å². The molecular formula is C19H17NO4. The Labute approximate surface area is 138 Å². The van der Waals surface area contributed by atoms with E-state index in [1.807, 2.05) is 42.5 Å². The second-order valence-electron chi connectivity index (χ2n) is 5.37. The zero-order valence-electron chi connectivity index (χ0n) is 13.5. The summed E-state index contributed by atoms with van der Waals surface area (Å²) in [7, 11) is 2.90. The molecule has 0 aliphatic heterocycles. The number of nitrogens with one attached hydrogen (secondary N) is 1. The summed E-state index contributed by atoms with van der Waals surface area (Å²) in [6, 6.07) is 15.0. The highest BCUT2D eigenvalue weighted by atomic mass is 16.5. The molecule has 0 saturated carbocycles. The van der Waals surface area contributed by atoms with Crippen molar-refractivity contribution in [1.29, 1.82) is 0 Å². The second-order valence-corrected chi connectivity index (χ2v) is 5.37. The first-order chi connectivity index (χ1) is 11.7. The lowest BCUT2D eigenvalue weighted by Crippen LogP contribution is -2.20. The van der Waals surface area contributed by atoms with Crippen molar-refractivity contribution in [1.82, 2.24) is 4.98 Å². The second kappa shape index (κ2) is 6.68. The molecule has 0 radical (unpaired) electrons. The van der Waals surface area contributed by atoms with Crippen LogP contribution in [0.4, 0.5) is 0 Å². The van der Waals surface area contributed by atoms with Crippen molar-refractivity contribution in [2.45, 2.75) is 6.61 Å². The van der Waals surface area contributed by atoms with Crippen LogP contribution in [0.25, 0.3) is 22.0 Å². The van der Waals surface area contributed by atoms with Crippen molar-refractivity contribution in [3.63, 3.8) is 0 Å². The van der Waals surface area contributed by atoms with Crippen LogP contribution in [0.1, 0.15) is 15.9 Å². The Morgan fingerprint density at radius 1 is 1.04 bits per heavy atom. The van der Waals surface area contributed by atoms with Gasteiger partial charge >= 0.3 is 5.97 Å². The van der Waals surface area contributed by atoms with Crippen molar-refractivity contribution in [3.8, 4) is 11.1 Å². The van der Waals surface area contributed by atoms with E-state index in [0.717, 1.165) is 16.5 Å². The molecule has 0 bridgehead atoms. The molecule has 0 spiro atoms. The number of ether oxygens (including phenoxy) is 2. The van der Waals surface area contributed by atoms with Gasteiger partial charge in [0.05, 0.1) is 13.7 Å². The number of aromatic nitrogens is 1. The van der Waals surface area contributed by atoms with Crippen LogP contribution >= 0.6 is 0 Å². The Morgan fingerprint density at radius 3 is 2.42 bits per heavy atom. The molecule has 1 N–H and O–H groups in total. The molecule has 5 heteroatoms. The summed E-state index contributed by atoms with van der Waals surface area (Å²) in [6.07, 6.45) is 0. The van der Waals surface area contributed by atoms with E-state index in [2.05, 4.69) is 4.98 Å². The zero-order chi connectivity index (χ0) is 17.1. The fourth-order valence-corrected chi connectivity index (χ4v) is 2.77. The average molecular weight is 323 g/mol. The minimum Gasteiger partial charge on any atom is -0.465 e. The number of benzene rings is 2. The standard InChI is InChI=1S/C19H17NO4/c1-23-11-12-7-9-13(10-8-12)16-14-5-3-4-6-15(14)20-18(21)17(16)19(22)24-2/h3-10H,11H2,1-2H3,(H,20,21). The molecule has 24 heavy (non-hydrogen) atoms. The van der Waals surface area contributed by atoms with Crippen LogP contribution in [0, 0.1) is 0 Å². The molecule has 0 aliphatic rings. The summed E-state index contributed by atoms with van der Waals surface area (Å²) < 4.78 is 9.92. The van der Waals surface area contributed by atoms with Gasteiger partial charge in [-0.05, 0) is 17.2 Å². The predicted octanol–water partition coefficient (Wildman–Crippen LogP) is 3.13. The molecule has 1 aromatic heterocycles. The molecule has 5 nitrogen and oxygen atoms in total. The summed E-state index contributed by atoms with van der Waals surface area (Å²) in [6.45, 7) is 0.500. The number of rotatable bonds is 4. The molecule has 2 aromatic carbocycles. The van der Waals surface area contributed by atoms with Crippen molar-refractivity contribution in [2.24, 2.45) is 0 Å². The summed E-state index contributed by atoms with van der Waals surface area (Å²) in [5.74, 6) is -0.655. The van der Waals surface area contributed by atoms with E-state index >= 15 is 0 Å². The smallest absolute Gasteiger partial charge is 0.344 e. The Bertz CT molecular complexity index is 942. The van der Waals surface area contributed by atoms with E-state index < -0.39 is 11.5 Å². The number of pyridine rings is 1. The van der Waals surface area contributed by atoms with Crippen LogP contribution in [0.5, 0.6) is 0 Å². The van der Waals surface area contributed by atoms with Gasteiger partial charge in [-0.1, -0.05) is 42.5 Å². The largest absolute Gasteiger partial charge is 0.465 e. The number of fused-ring (bicyclic) bond motifs is 1. The number of hydrogen-bond donors (Lipinski definition) is 1. The normalized spacial score (nSPS) is 10.8. The lowest BCUT2D eigenvalue weighted by atomic mass is 9.95. The van der Waals surface area contributed by atoms with Crippen LogP contribution in [0.15, 0.2) is 53.3 Å². The molecule has 0 unspecified atom stereocenters. The number of para-hydroxylation sites is 1. The number of carbonyl (C=O) groups is 1. The van der Waals surface area contributed by atoms with Gasteiger partial charge < -0.3 is 14.5 Å². The van der Waals surface area contributed by atoms with E-state index in [-0.39, 0.29) is 5.56 Å². The molecule has 122 valence electrons. The molecule has 0 atom stereocenters. The maximum Gasteiger partial charge on any atom is 0.344 e. The first-order valence-corrected chi connectivity index (χ1v) is 7.47. The van der Waals surface area contributed by atoms with Gasteiger partial charge in [-0.3, -0.25) is 4.79 Å². The maximum absolute atomic E-state index is 12.4. The van der Waals surface area contributed by atoms with Crippen LogP contribution < -0.4 is 5.56 Å². The lowest BCUT2D eigenvalue weighted by Gasteiger charge is -2.12. The third-order valence-corrected chi connectivity index (χ3v) is 3.86. The van der Waals surface area contributed by atoms with Crippen LogP contribution in [-0.2, 0) is 16.1 Å². The first-order valence-electron chi connectivity index (χ1n) is 7.47. The van der Waals surface area contributed by atoms with E-state index in [9.17, 15) is 9.59 Å². The molecule has 0 amide bonds. The highest BCUT2D eigenvalue weighted by Crippen LogP contribution is 2.30. The first kappa shape index (κ1) is 16.0. The number of methoxy groups -OCH3 is 2. The summed E-state index contributed by atoms with van der Waals surface area (Å²) in [5.41, 5.74) is 2.58. The van der Waals surface area contributed by atoms with Gasteiger partial charge in [-0.25, -0.2) is 4.79 Å². The summed E-state index contributed by atoms with van der Waals surface area (Å²) in [4.78, 5) is 27.3. The van der Waals surface area contributed by atoms with Crippen molar-refractivity contribution >= 4 is 16.9 Å². The molecule has 0 saturated heterocycles. The van der Waals surface area contributed by atoms with Gasteiger partial charge in [0.15, 0.2) is 0 Å². The van der Waals surface area contributed by atoms with Gasteiger partial charge in [0, 0.05) is 23.6 Å². The molecule has 0 fully saturated rings. The van der Waals surface area contributed by atoms with E-state index in [1.54, 1.807) is 13.2 Å². The Balaban J connectivity index is 2.31. The minimum absolute atomic E-state index is 0.00990. The van der Waals surface area contributed by atoms with Crippen molar-refractivity contribution < 1.29 is 14.3 Å². The molecule has 1 heterocycles. The Morgan fingerprint density at radius 2 is 1.75 bits per heavy atom. The third-order valence-electron chi connectivity index (χ3n) is 3.86. The molecule has 0 aliphatic carbocycles. The van der Waals surface area contributed by atoms with E-state index in [1.165, 1.54) is 7.11 Å². The van der Waals surface area contributed by atoms with Crippen molar-refractivity contribution in [3.05, 3.63) is 70.0 Å². The number of carbonyl (C=O) groups excluding carboxylic acids is 1. The zero-order valence-corrected chi connectivity index (χ0v) is 13.5. The van der Waals surface area contributed by atoms with Crippen molar-refractivity contribution in [2.75, 3.05) is 14.2 Å². The maximum atomic E-state index is 12.4. The minimum atomic E-state index is -0.655. The lowest BCUT2D eigenvalue weighted by molar-refractivity contribution is 0.0600. The summed E-state index contributed by atoms with van der Waals surface area (Å²) >= 11 is 0. The fraction of sp³-hybridized carbons (Fsp3) is 0.158. The highest BCUT2D eigenvalue weighted by molar-refractivity contribution is 6.06. The third kappa shape index (κ3) is 2.81. The molecule has 3 aromatic rings. The molecular weight excluding hydrogens is 306 g/mol. The predicted molar refractivity (Wildman–Crippen MR) is 92.1 cm³/mol. The summed E-state index contributed by atoms with van der Waals surface area (Å²) in [5, 5.41) is 0.789. The monoisotopic (exact) mass is 323 g/mol. The van der Waals surface area contributed by atoms with E-state index in [4.69, 9.17) is 9.47 Å². The topological polar surface area (TPSA) is 68.4 Å². The number of aromatic amines is 1. The Hall–Kier alpha value is -2.92. The average Bonchev–Trinajstić information content (AvgIpc) is 2.61. The van der Waals surface area contributed by atoms with Gasteiger partial charge in [-0.15, -0.1) is 0 Å². The highest BCUT2D eigenvalue weighted by Gasteiger charge is 2.21.